The number of β-amino-alcohol motifs (C(OH)–C–C–N with tert-alkyl or cyclic N) is 1. The zero-order valence-electron chi connectivity index (χ0n) is 12.3. The van der Waals surface area contributed by atoms with Crippen LogP contribution in [0.25, 0.3) is 0 Å². The number of hydrogen-bond donors (Lipinski definition) is 2. The number of piperidine rings is 1. The van der Waals surface area contributed by atoms with Crippen molar-refractivity contribution >= 4 is 5.97 Å². The Balaban J connectivity index is 2.23. The third-order valence-electron chi connectivity index (χ3n) is 3.99. The summed E-state index contributed by atoms with van der Waals surface area (Å²) in [6.45, 7) is 8.73. The molecule has 0 bridgehead atoms. The van der Waals surface area contributed by atoms with E-state index in [1.165, 1.54) is 0 Å². The molecule has 0 radical (unpaired) electrons. The number of carbonyl (C=O) groups is 1. The minimum Gasteiger partial charge on any atom is -0.481 e. The fourth-order valence-electron chi connectivity index (χ4n) is 2.18. The lowest BCUT2D eigenvalue weighted by Crippen LogP contribution is -2.48. The minimum atomic E-state index is -0.814. The minimum absolute atomic E-state index is 0.0717. The predicted molar refractivity (Wildman–Crippen MR) is 73.1 cm³/mol. The molecule has 1 fully saturated rings. The zero-order chi connectivity index (χ0) is 14.5. The van der Waals surface area contributed by atoms with Gasteiger partial charge in [0.1, 0.15) is 0 Å². The molecule has 0 saturated carbocycles. The molecular weight excluding hydrogens is 246 g/mol. The van der Waals surface area contributed by atoms with Crippen LogP contribution in [0.2, 0.25) is 0 Å². The quantitative estimate of drug-likeness (QED) is 0.732. The Morgan fingerprint density at radius 3 is 2.47 bits per heavy atom. The van der Waals surface area contributed by atoms with Gasteiger partial charge in [0.05, 0.1) is 24.7 Å². The fourth-order valence-corrected chi connectivity index (χ4v) is 2.18. The zero-order valence-corrected chi connectivity index (χ0v) is 12.3. The van der Waals surface area contributed by atoms with Crippen molar-refractivity contribution in [3.63, 3.8) is 0 Å². The van der Waals surface area contributed by atoms with Gasteiger partial charge in [0, 0.05) is 19.6 Å². The van der Waals surface area contributed by atoms with Gasteiger partial charge in [-0.25, -0.2) is 0 Å². The van der Waals surface area contributed by atoms with E-state index in [0.29, 0.717) is 13.2 Å². The van der Waals surface area contributed by atoms with Crippen LogP contribution in [0.15, 0.2) is 0 Å². The number of likely N-dealkylation sites (tertiary alicyclic amines) is 1. The second-order valence-corrected chi connectivity index (χ2v) is 6.00. The molecule has 5 nitrogen and oxygen atoms in total. The summed E-state index contributed by atoms with van der Waals surface area (Å²) in [6.07, 6.45) is 2.06. The summed E-state index contributed by atoms with van der Waals surface area (Å²) in [5.74, 6) is -0.581. The van der Waals surface area contributed by atoms with E-state index in [1.54, 1.807) is 0 Å². The molecule has 0 aromatic carbocycles. The number of carboxylic acid groups (broad SMARTS) is 1. The maximum Gasteiger partial charge on any atom is 0.305 e. The van der Waals surface area contributed by atoms with Crippen molar-refractivity contribution in [2.75, 3.05) is 26.2 Å². The van der Waals surface area contributed by atoms with Crippen molar-refractivity contribution in [1.29, 1.82) is 0 Å². The van der Waals surface area contributed by atoms with Crippen molar-refractivity contribution in [2.45, 2.75) is 51.7 Å². The molecule has 0 spiro atoms. The summed E-state index contributed by atoms with van der Waals surface area (Å²) >= 11 is 0. The van der Waals surface area contributed by atoms with Crippen molar-refractivity contribution in [3.8, 4) is 0 Å². The standard InChI is InChI=1S/C14H27NO4/c1-11(2)14(3,18)10-15-7-4-12(5-8-15)19-9-6-13(16)17/h11-12,18H,4-10H2,1-3H3,(H,16,17). The highest BCUT2D eigenvalue weighted by atomic mass is 16.5. The van der Waals surface area contributed by atoms with Gasteiger partial charge in [-0.15, -0.1) is 0 Å². The van der Waals surface area contributed by atoms with Crippen molar-refractivity contribution in [1.82, 2.24) is 4.90 Å². The monoisotopic (exact) mass is 273 g/mol. The number of rotatable bonds is 7. The molecule has 1 atom stereocenters. The van der Waals surface area contributed by atoms with Crippen LogP contribution in [0.1, 0.15) is 40.0 Å². The lowest BCUT2D eigenvalue weighted by atomic mass is 9.91. The lowest BCUT2D eigenvalue weighted by Gasteiger charge is -2.38. The van der Waals surface area contributed by atoms with E-state index in [1.807, 2.05) is 20.8 Å². The molecule has 1 aliphatic rings. The number of ether oxygens (including phenoxy) is 1. The number of carboxylic acids is 1. The van der Waals surface area contributed by atoms with Crippen molar-refractivity contribution in [2.24, 2.45) is 5.92 Å². The van der Waals surface area contributed by atoms with Gasteiger partial charge in [-0.3, -0.25) is 4.79 Å². The molecule has 112 valence electrons. The summed E-state index contributed by atoms with van der Waals surface area (Å²) < 4.78 is 5.55. The van der Waals surface area contributed by atoms with E-state index < -0.39 is 11.6 Å². The largest absolute Gasteiger partial charge is 0.481 e. The number of nitrogens with zero attached hydrogens (tertiary/aromatic N) is 1. The highest BCUT2D eigenvalue weighted by molar-refractivity contribution is 5.66. The Bertz CT molecular complexity index is 283. The molecule has 19 heavy (non-hydrogen) atoms. The average molecular weight is 273 g/mol. The highest BCUT2D eigenvalue weighted by Gasteiger charge is 2.30. The number of aliphatic hydroxyl groups is 1. The van der Waals surface area contributed by atoms with Crippen molar-refractivity contribution in [3.05, 3.63) is 0 Å². The van der Waals surface area contributed by atoms with E-state index in [9.17, 15) is 9.90 Å². The smallest absolute Gasteiger partial charge is 0.305 e. The van der Waals surface area contributed by atoms with Gasteiger partial charge in [-0.05, 0) is 25.7 Å². The third-order valence-corrected chi connectivity index (χ3v) is 3.99. The summed E-state index contributed by atoms with van der Waals surface area (Å²) in [7, 11) is 0. The van der Waals surface area contributed by atoms with Gasteiger partial charge >= 0.3 is 5.97 Å². The molecule has 0 aromatic rings. The van der Waals surface area contributed by atoms with Crippen LogP contribution in [-0.2, 0) is 9.53 Å². The van der Waals surface area contributed by atoms with Gasteiger partial charge in [-0.2, -0.15) is 0 Å². The van der Waals surface area contributed by atoms with Gasteiger partial charge in [0.25, 0.3) is 0 Å². The van der Waals surface area contributed by atoms with E-state index >= 15 is 0 Å². The Labute approximate surface area is 115 Å². The van der Waals surface area contributed by atoms with Crippen molar-refractivity contribution < 1.29 is 19.7 Å². The van der Waals surface area contributed by atoms with E-state index in [0.717, 1.165) is 25.9 Å². The maximum absolute atomic E-state index is 10.4. The van der Waals surface area contributed by atoms with Crippen LogP contribution in [0, 0.1) is 5.92 Å². The van der Waals surface area contributed by atoms with Gasteiger partial charge in [-0.1, -0.05) is 13.8 Å². The lowest BCUT2D eigenvalue weighted by molar-refractivity contribution is -0.139. The molecule has 5 heteroatoms. The first-order valence-corrected chi connectivity index (χ1v) is 7.09. The summed E-state index contributed by atoms with van der Waals surface area (Å²) in [5.41, 5.74) is -0.656. The molecule has 0 amide bonds. The fraction of sp³-hybridized carbons (Fsp3) is 0.929. The molecule has 0 aliphatic carbocycles. The van der Waals surface area contributed by atoms with Gasteiger partial charge < -0.3 is 19.8 Å². The summed E-state index contributed by atoms with van der Waals surface area (Å²) in [5, 5.41) is 18.8. The van der Waals surface area contributed by atoms with Gasteiger partial charge in [0.15, 0.2) is 0 Å². The molecule has 2 N–H and O–H groups in total. The first kappa shape index (κ1) is 16.4. The Morgan fingerprint density at radius 2 is 2.00 bits per heavy atom. The van der Waals surface area contributed by atoms with Crippen LogP contribution in [0.3, 0.4) is 0 Å². The Kier molecular flexibility index (Phi) is 6.23. The molecule has 1 aliphatic heterocycles. The van der Waals surface area contributed by atoms with Crippen LogP contribution < -0.4 is 0 Å². The molecule has 1 unspecified atom stereocenters. The molecular formula is C14H27NO4. The normalized spacial score (nSPS) is 21.5. The number of aliphatic carboxylic acids is 1. The average Bonchev–Trinajstić information content (AvgIpc) is 2.30. The summed E-state index contributed by atoms with van der Waals surface area (Å²) in [6, 6.07) is 0. The Morgan fingerprint density at radius 1 is 1.42 bits per heavy atom. The Hall–Kier alpha value is -0.650. The first-order valence-electron chi connectivity index (χ1n) is 7.09. The molecule has 0 aromatic heterocycles. The molecule has 1 heterocycles. The van der Waals surface area contributed by atoms with Crippen LogP contribution in [0.4, 0.5) is 0 Å². The molecule has 1 saturated heterocycles. The van der Waals surface area contributed by atoms with E-state index in [-0.39, 0.29) is 18.4 Å². The predicted octanol–water partition coefficient (Wildman–Crippen LogP) is 1.35. The van der Waals surface area contributed by atoms with Crippen LogP contribution >= 0.6 is 0 Å². The second-order valence-electron chi connectivity index (χ2n) is 6.00. The molecule has 1 rings (SSSR count). The third kappa shape index (κ3) is 5.89. The first-order chi connectivity index (χ1) is 8.81. The van der Waals surface area contributed by atoms with Crippen LogP contribution in [-0.4, -0.2) is 59.0 Å². The van der Waals surface area contributed by atoms with Gasteiger partial charge in [0.2, 0.25) is 0 Å². The topological polar surface area (TPSA) is 70.0 Å². The highest BCUT2D eigenvalue weighted by Crippen LogP contribution is 2.21. The number of hydrogen-bond acceptors (Lipinski definition) is 4. The maximum atomic E-state index is 10.4. The summed E-state index contributed by atoms with van der Waals surface area (Å²) in [4.78, 5) is 12.7. The SMILES string of the molecule is CC(C)C(C)(O)CN1CCC(OCCC(=O)O)CC1. The van der Waals surface area contributed by atoms with E-state index in [4.69, 9.17) is 9.84 Å². The second kappa shape index (κ2) is 7.22. The van der Waals surface area contributed by atoms with E-state index in [2.05, 4.69) is 4.90 Å². The van der Waals surface area contributed by atoms with Crippen LogP contribution in [0.5, 0.6) is 0 Å².